The first-order valence-corrected chi connectivity index (χ1v) is 11.5. The van der Waals surface area contributed by atoms with E-state index >= 15 is 0 Å². The summed E-state index contributed by atoms with van der Waals surface area (Å²) in [5, 5.41) is 9.51. The van der Waals surface area contributed by atoms with Gasteiger partial charge < -0.3 is 5.11 Å². The highest BCUT2D eigenvalue weighted by Crippen LogP contribution is 2.52. The van der Waals surface area contributed by atoms with Crippen molar-refractivity contribution in [3.8, 4) is 0 Å². The second-order valence-electron chi connectivity index (χ2n) is 9.05. The van der Waals surface area contributed by atoms with E-state index in [0.717, 1.165) is 11.8 Å². The van der Waals surface area contributed by atoms with Crippen LogP contribution in [0.15, 0.2) is 18.2 Å². The number of rotatable bonds is 8. The van der Waals surface area contributed by atoms with Crippen LogP contribution in [-0.2, 0) is 0 Å². The van der Waals surface area contributed by atoms with Crippen LogP contribution in [0.1, 0.15) is 124 Å². The summed E-state index contributed by atoms with van der Waals surface area (Å²) in [6.45, 7) is 4.56. The summed E-state index contributed by atoms with van der Waals surface area (Å²) in [7, 11) is 0. The average molecular weight is 371 g/mol. The van der Waals surface area contributed by atoms with Crippen molar-refractivity contribution in [2.45, 2.75) is 103 Å². The molecule has 0 saturated heterocycles. The van der Waals surface area contributed by atoms with Gasteiger partial charge in [0.2, 0.25) is 0 Å². The molecule has 2 aliphatic carbocycles. The quantitative estimate of drug-likeness (QED) is 0.480. The predicted octanol–water partition coefficient (Wildman–Crippen LogP) is 7.53. The second-order valence-corrected chi connectivity index (χ2v) is 9.05. The van der Waals surface area contributed by atoms with Gasteiger partial charge in [-0.05, 0) is 79.0 Å². The number of carboxylic acid groups (broad SMARTS) is 1. The van der Waals surface area contributed by atoms with E-state index in [4.69, 9.17) is 0 Å². The molecule has 0 bridgehead atoms. The summed E-state index contributed by atoms with van der Waals surface area (Å²) >= 11 is 0. The molecule has 2 heteroatoms. The Balaban J connectivity index is 1.96. The van der Waals surface area contributed by atoms with Crippen LogP contribution >= 0.6 is 0 Å². The summed E-state index contributed by atoms with van der Waals surface area (Å²) < 4.78 is 0. The Morgan fingerprint density at radius 2 is 1.78 bits per heavy atom. The third-order valence-corrected chi connectivity index (χ3v) is 7.20. The maximum Gasteiger partial charge on any atom is 0.335 e. The van der Waals surface area contributed by atoms with Crippen molar-refractivity contribution in [3.05, 3.63) is 34.9 Å². The van der Waals surface area contributed by atoms with Crippen LogP contribution in [0.3, 0.4) is 0 Å². The van der Waals surface area contributed by atoms with Crippen molar-refractivity contribution in [1.29, 1.82) is 0 Å². The fraction of sp³-hybridized carbons (Fsp3) is 0.720. The van der Waals surface area contributed by atoms with Gasteiger partial charge in [-0.25, -0.2) is 4.79 Å². The molecule has 0 amide bonds. The van der Waals surface area contributed by atoms with E-state index < -0.39 is 5.97 Å². The molecule has 0 heterocycles. The Kier molecular flexibility index (Phi) is 7.38. The summed E-state index contributed by atoms with van der Waals surface area (Å²) in [5.74, 6) is 2.03. The Labute approximate surface area is 165 Å². The van der Waals surface area contributed by atoms with Crippen molar-refractivity contribution in [2.75, 3.05) is 0 Å². The van der Waals surface area contributed by atoms with Gasteiger partial charge in [-0.1, -0.05) is 64.9 Å². The summed E-state index contributed by atoms with van der Waals surface area (Å²) in [6, 6.07) is 6.09. The van der Waals surface area contributed by atoms with Crippen LogP contribution in [0, 0.1) is 11.8 Å². The Hall–Kier alpha value is -1.31. The summed E-state index contributed by atoms with van der Waals surface area (Å²) in [4.78, 5) is 11.6. The molecule has 2 aliphatic rings. The zero-order valence-electron chi connectivity index (χ0n) is 17.4. The maximum absolute atomic E-state index is 11.6. The van der Waals surface area contributed by atoms with Gasteiger partial charge in [-0.3, -0.25) is 0 Å². The van der Waals surface area contributed by atoms with Gasteiger partial charge in [-0.15, -0.1) is 0 Å². The topological polar surface area (TPSA) is 37.3 Å². The molecule has 1 N–H and O–H groups in total. The minimum Gasteiger partial charge on any atom is -0.478 e. The lowest BCUT2D eigenvalue weighted by atomic mass is 9.61. The van der Waals surface area contributed by atoms with E-state index in [9.17, 15) is 9.90 Å². The molecule has 0 spiro atoms. The number of fused-ring (bicyclic) bond motifs is 1. The zero-order valence-corrected chi connectivity index (χ0v) is 17.4. The van der Waals surface area contributed by atoms with Crippen LogP contribution in [0.4, 0.5) is 0 Å². The highest BCUT2D eigenvalue weighted by molar-refractivity contribution is 5.88. The minimum atomic E-state index is -0.785. The first-order chi connectivity index (χ1) is 13.2. The monoisotopic (exact) mass is 370 g/mol. The highest BCUT2D eigenvalue weighted by atomic mass is 16.4. The van der Waals surface area contributed by atoms with E-state index in [0.29, 0.717) is 17.4 Å². The molecule has 150 valence electrons. The van der Waals surface area contributed by atoms with Crippen molar-refractivity contribution in [2.24, 2.45) is 11.8 Å². The molecule has 0 aromatic heterocycles. The smallest absolute Gasteiger partial charge is 0.335 e. The Bertz CT molecular complexity index is 615. The molecular formula is C25H38O2. The van der Waals surface area contributed by atoms with E-state index in [-0.39, 0.29) is 0 Å². The third kappa shape index (κ3) is 4.76. The van der Waals surface area contributed by atoms with Gasteiger partial charge in [0.25, 0.3) is 0 Å². The molecule has 2 nitrogen and oxygen atoms in total. The first-order valence-electron chi connectivity index (χ1n) is 11.5. The number of unbranched alkanes of at least 4 members (excludes halogenated alkanes) is 2. The molecular weight excluding hydrogens is 332 g/mol. The molecule has 0 aliphatic heterocycles. The lowest BCUT2D eigenvalue weighted by Gasteiger charge is -2.44. The normalized spacial score (nSPS) is 25.9. The lowest BCUT2D eigenvalue weighted by Crippen LogP contribution is -2.31. The Morgan fingerprint density at radius 3 is 2.44 bits per heavy atom. The predicted molar refractivity (Wildman–Crippen MR) is 113 cm³/mol. The van der Waals surface area contributed by atoms with Crippen molar-refractivity contribution < 1.29 is 9.90 Å². The molecule has 27 heavy (non-hydrogen) atoms. The number of benzene rings is 1. The zero-order chi connectivity index (χ0) is 19.2. The van der Waals surface area contributed by atoms with Gasteiger partial charge in [0.05, 0.1) is 5.56 Å². The van der Waals surface area contributed by atoms with Crippen molar-refractivity contribution in [1.82, 2.24) is 0 Å². The molecule has 0 radical (unpaired) electrons. The van der Waals surface area contributed by atoms with E-state index in [1.165, 1.54) is 88.2 Å². The SMILES string of the molecule is CCCCC[C@@H]1CC(CCC)c2cc(C(=O)O)ccc2[C@H]1C1CCCCC1. The summed E-state index contributed by atoms with van der Waals surface area (Å²) in [5.41, 5.74) is 3.36. The van der Waals surface area contributed by atoms with Gasteiger partial charge >= 0.3 is 5.97 Å². The third-order valence-electron chi connectivity index (χ3n) is 7.20. The molecule has 1 fully saturated rings. The molecule has 1 aromatic carbocycles. The summed E-state index contributed by atoms with van der Waals surface area (Å²) in [6.07, 6.45) is 15.9. The molecule has 1 saturated carbocycles. The van der Waals surface area contributed by atoms with E-state index in [1.807, 2.05) is 12.1 Å². The largest absolute Gasteiger partial charge is 0.478 e. The standard InChI is InChI=1S/C25H38O2/c1-3-5-7-13-20-16-19(10-4-2)23-17-21(25(26)27)14-15-22(23)24(20)18-11-8-6-9-12-18/h14-15,17-20,24H,3-13,16H2,1-2H3,(H,26,27)/t19?,20-,24+/m1/s1. The van der Waals surface area contributed by atoms with Gasteiger partial charge in [0.1, 0.15) is 0 Å². The Morgan fingerprint density at radius 1 is 1.00 bits per heavy atom. The van der Waals surface area contributed by atoms with Crippen molar-refractivity contribution >= 4 is 5.97 Å². The molecule has 1 aromatic rings. The second kappa shape index (κ2) is 9.75. The molecule has 3 rings (SSSR count). The van der Waals surface area contributed by atoms with E-state index in [1.54, 1.807) is 0 Å². The van der Waals surface area contributed by atoms with Crippen LogP contribution in [-0.4, -0.2) is 11.1 Å². The maximum atomic E-state index is 11.6. The van der Waals surface area contributed by atoms with E-state index in [2.05, 4.69) is 19.9 Å². The fourth-order valence-corrected chi connectivity index (χ4v) is 5.97. The number of carboxylic acids is 1. The van der Waals surface area contributed by atoms with Gasteiger partial charge in [-0.2, -0.15) is 0 Å². The van der Waals surface area contributed by atoms with Crippen LogP contribution in [0.2, 0.25) is 0 Å². The van der Waals surface area contributed by atoms with Gasteiger partial charge in [0.15, 0.2) is 0 Å². The van der Waals surface area contributed by atoms with Gasteiger partial charge in [0, 0.05) is 0 Å². The number of aromatic carboxylic acids is 1. The van der Waals surface area contributed by atoms with Crippen molar-refractivity contribution in [3.63, 3.8) is 0 Å². The molecule has 3 atom stereocenters. The number of hydrogen-bond donors (Lipinski definition) is 1. The van der Waals surface area contributed by atoms with Crippen LogP contribution in [0.25, 0.3) is 0 Å². The fourth-order valence-electron chi connectivity index (χ4n) is 5.97. The first kappa shape index (κ1) is 20.4. The van der Waals surface area contributed by atoms with Crippen LogP contribution in [0.5, 0.6) is 0 Å². The highest BCUT2D eigenvalue weighted by Gasteiger charge is 2.39. The lowest BCUT2D eigenvalue weighted by molar-refractivity contribution is 0.0696. The number of hydrogen-bond acceptors (Lipinski definition) is 1. The number of carbonyl (C=O) groups is 1. The average Bonchev–Trinajstić information content (AvgIpc) is 2.69. The minimum absolute atomic E-state index is 0.474. The van der Waals surface area contributed by atoms with Crippen LogP contribution < -0.4 is 0 Å². The molecule has 1 unspecified atom stereocenters.